The minimum absolute atomic E-state index is 0.440. The second-order valence-corrected chi connectivity index (χ2v) is 9.04. The summed E-state index contributed by atoms with van der Waals surface area (Å²) in [6, 6.07) is 41.1. The van der Waals surface area contributed by atoms with Gasteiger partial charge < -0.3 is 4.57 Å². The zero-order chi connectivity index (χ0) is 26.9. The van der Waals surface area contributed by atoms with Crippen molar-refractivity contribution < 1.29 is 0 Å². The predicted octanol–water partition coefficient (Wildman–Crippen LogP) is 7.60. The van der Waals surface area contributed by atoms with E-state index in [1.54, 1.807) is 36.4 Å². The molecule has 0 aliphatic heterocycles. The van der Waals surface area contributed by atoms with Crippen molar-refractivity contribution in [3.8, 4) is 52.2 Å². The first-order chi connectivity index (χ1) is 19.2. The molecule has 6 aromatic rings. The second-order valence-electron chi connectivity index (χ2n) is 9.04. The monoisotopic (exact) mass is 495 g/mol. The van der Waals surface area contributed by atoms with Gasteiger partial charge in [0.25, 0.3) is 0 Å². The van der Waals surface area contributed by atoms with Crippen molar-refractivity contribution in [2.45, 2.75) is 0 Å². The Kier molecular flexibility index (Phi) is 5.60. The average molecular weight is 496 g/mol. The number of aromatic nitrogens is 1. The lowest BCUT2D eigenvalue weighted by Crippen LogP contribution is -1.95. The third kappa shape index (κ3) is 3.68. The highest BCUT2D eigenvalue weighted by molar-refractivity contribution is 6.11. The number of nitriles is 4. The lowest BCUT2D eigenvalue weighted by atomic mass is 9.94. The Balaban J connectivity index is 1.71. The van der Waals surface area contributed by atoms with Gasteiger partial charge in [-0.05, 0) is 59.7 Å². The molecule has 0 aliphatic rings. The Morgan fingerprint density at radius 3 is 1.23 bits per heavy atom. The van der Waals surface area contributed by atoms with E-state index in [0.29, 0.717) is 33.4 Å². The molecule has 0 atom stereocenters. The van der Waals surface area contributed by atoms with Gasteiger partial charge in [-0.1, -0.05) is 54.6 Å². The quantitative estimate of drug-likeness (QED) is 0.252. The summed E-state index contributed by atoms with van der Waals surface area (Å²) in [5.41, 5.74) is 7.29. The lowest BCUT2D eigenvalue weighted by molar-refractivity contribution is 1.18. The molecule has 0 aliphatic carbocycles. The van der Waals surface area contributed by atoms with Gasteiger partial charge in [-0.2, -0.15) is 21.0 Å². The first-order valence-corrected chi connectivity index (χ1v) is 12.2. The molecular formula is C34H17N5. The predicted molar refractivity (Wildman–Crippen MR) is 151 cm³/mol. The molecule has 0 N–H and O–H groups in total. The van der Waals surface area contributed by atoms with Gasteiger partial charge in [0.15, 0.2) is 0 Å². The summed E-state index contributed by atoms with van der Waals surface area (Å²) in [6.45, 7) is 0. The summed E-state index contributed by atoms with van der Waals surface area (Å²) < 4.78 is 2.14. The van der Waals surface area contributed by atoms with Crippen LogP contribution in [-0.2, 0) is 0 Å². The van der Waals surface area contributed by atoms with E-state index in [-0.39, 0.29) is 0 Å². The van der Waals surface area contributed by atoms with Crippen molar-refractivity contribution in [1.29, 1.82) is 21.0 Å². The van der Waals surface area contributed by atoms with E-state index in [1.807, 2.05) is 66.7 Å². The molecule has 0 radical (unpaired) electrons. The molecule has 5 heteroatoms. The molecule has 5 nitrogen and oxygen atoms in total. The highest BCUT2D eigenvalue weighted by atomic mass is 15.0. The maximum Gasteiger partial charge on any atom is 0.0998 e. The van der Waals surface area contributed by atoms with E-state index in [9.17, 15) is 21.0 Å². The van der Waals surface area contributed by atoms with Gasteiger partial charge in [-0.15, -0.1) is 0 Å². The molecule has 0 saturated carbocycles. The minimum Gasteiger partial charge on any atom is -0.309 e. The van der Waals surface area contributed by atoms with E-state index in [4.69, 9.17) is 0 Å². The topological polar surface area (TPSA) is 100 Å². The molecule has 1 heterocycles. The van der Waals surface area contributed by atoms with E-state index in [0.717, 1.165) is 38.6 Å². The van der Waals surface area contributed by atoms with Crippen LogP contribution in [0.25, 0.3) is 49.7 Å². The van der Waals surface area contributed by atoms with Crippen LogP contribution in [0, 0.1) is 45.3 Å². The first-order valence-electron chi connectivity index (χ1n) is 12.2. The van der Waals surface area contributed by atoms with Gasteiger partial charge in [0.05, 0.1) is 57.6 Å². The normalized spacial score (nSPS) is 10.5. The van der Waals surface area contributed by atoms with Crippen LogP contribution in [0.5, 0.6) is 0 Å². The van der Waals surface area contributed by atoms with Gasteiger partial charge in [0.2, 0.25) is 0 Å². The van der Waals surface area contributed by atoms with Crippen molar-refractivity contribution in [1.82, 2.24) is 4.57 Å². The summed E-state index contributed by atoms with van der Waals surface area (Å²) in [7, 11) is 0. The fourth-order valence-electron chi connectivity index (χ4n) is 5.28. The number of fused-ring (bicyclic) bond motifs is 3. The molecule has 0 bridgehead atoms. The van der Waals surface area contributed by atoms with Gasteiger partial charge in [0, 0.05) is 27.6 Å². The van der Waals surface area contributed by atoms with E-state index < -0.39 is 0 Å². The van der Waals surface area contributed by atoms with E-state index in [2.05, 4.69) is 28.8 Å². The number of nitrogens with zero attached hydrogens (tertiary/aromatic N) is 5. The van der Waals surface area contributed by atoms with Gasteiger partial charge in [-0.3, -0.25) is 0 Å². The van der Waals surface area contributed by atoms with Gasteiger partial charge >= 0.3 is 0 Å². The van der Waals surface area contributed by atoms with Gasteiger partial charge in [0.1, 0.15) is 0 Å². The number of hydrogen-bond donors (Lipinski definition) is 0. The molecule has 6 rings (SSSR count). The van der Waals surface area contributed by atoms with Crippen LogP contribution in [-0.4, -0.2) is 4.57 Å². The Labute approximate surface area is 224 Å². The Morgan fingerprint density at radius 2 is 0.846 bits per heavy atom. The Hall–Kier alpha value is -6.14. The molecule has 0 spiro atoms. The SMILES string of the molecule is N#Cc1cccc(C#N)c1-c1ccc2c3ccc(-c4c(C#N)cccc4C#N)cc3n(-c3ccccc3)c2c1. The van der Waals surface area contributed by atoms with Crippen LogP contribution < -0.4 is 0 Å². The van der Waals surface area contributed by atoms with Crippen molar-refractivity contribution in [3.63, 3.8) is 0 Å². The van der Waals surface area contributed by atoms with Crippen molar-refractivity contribution in [3.05, 3.63) is 125 Å². The van der Waals surface area contributed by atoms with Crippen molar-refractivity contribution in [2.24, 2.45) is 0 Å². The summed E-state index contributed by atoms with van der Waals surface area (Å²) in [5.74, 6) is 0. The minimum atomic E-state index is 0.440. The third-order valence-electron chi connectivity index (χ3n) is 6.97. The average Bonchev–Trinajstić information content (AvgIpc) is 3.33. The fraction of sp³-hybridized carbons (Fsp3) is 0. The second kappa shape index (κ2) is 9.38. The molecule has 0 amide bonds. The van der Waals surface area contributed by atoms with Crippen molar-refractivity contribution in [2.75, 3.05) is 0 Å². The largest absolute Gasteiger partial charge is 0.309 e. The molecule has 1 aromatic heterocycles. The van der Waals surface area contributed by atoms with E-state index >= 15 is 0 Å². The lowest BCUT2D eigenvalue weighted by Gasteiger charge is -2.11. The molecule has 178 valence electrons. The smallest absolute Gasteiger partial charge is 0.0998 e. The number of para-hydroxylation sites is 1. The maximum absolute atomic E-state index is 9.77. The maximum atomic E-state index is 9.77. The Morgan fingerprint density at radius 1 is 0.436 bits per heavy atom. The van der Waals surface area contributed by atoms with Crippen LogP contribution in [0.4, 0.5) is 0 Å². The number of hydrogen-bond acceptors (Lipinski definition) is 4. The molecule has 0 fully saturated rings. The zero-order valence-corrected chi connectivity index (χ0v) is 20.6. The molecule has 0 saturated heterocycles. The van der Waals surface area contributed by atoms with Crippen LogP contribution in [0.15, 0.2) is 103 Å². The standard InChI is InChI=1S/C34H17N5/c35-18-24-6-4-7-25(19-36)33(24)22-12-14-29-30-15-13-23(34-26(20-37)8-5-9-27(34)21-38)17-32(30)39(31(29)16-22)28-10-2-1-3-11-28/h1-17H. The number of rotatable bonds is 3. The first kappa shape index (κ1) is 23.3. The van der Waals surface area contributed by atoms with Crippen LogP contribution in [0.1, 0.15) is 22.3 Å². The van der Waals surface area contributed by atoms with Crippen LogP contribution in [0.3, 0.4) is 0 Å². The zero-order valence-electron chi connectivity index (χ0n) is 20.6. The molecular weight excluding hydrogens is 478 g/mol. The highest BCUT2D eigenvalue weighted by Crippen LogP contribution is 2.39. The van der Waals surface area contributed by atoms with Crippen molar-refractivity contribution >= 4 is 21.8 Å². The molecule has 5 aromatic carbocycles. The highest BCUT2D eigenvalue weighted by Gasteiger charge is 2.18. The van der Waals surface area contributed by atoms with Crippen LogP contribution in [0.2, 0.25) is 0 Å². The Bertz CT molecular complexity index is 1910. The fourth-order valence-corrected chi connectivity index (χ4v) is 5.28. The number of benzene rings is 5. The van der Waals surface area contributed by atoms with Gasteiger partial charge in [-0.25, -0.2) is 0 Å². The molecule has 39 heavy (non-hydrogen) atoms. The molecule has 0 unspecified atom stereocenters. The summed E-state index contributed by atoms with van der Waals surface area (Å²) in [6.07, 6.45) is 0. The summed E-state index contributed by atoms with van der Waals surface area (Å²) in [4.78, 5) is 0. The summed E-state index contributed by atoms with van der Waals surface area (Å²) >= 11 is 0. The van der Waals surface area contributed by atoms with Crippen LogP contribution >= 0.6 is 0 Å². The summed E-state index contributed by atoms with van der Waals surface area (Å²) in [5, 5.41) is 41.1. The van der Waals surface area contributed by atoms with E-state index in [1.165, 1.54) is 0 Å². The third-order valence-corrected chi connectivity index (χ3v) is 6.97.